The molecule has 0 bridgehead atoms. The second-order valence-corrected chi connectivity index (χ2v) is 10.5. The molecule has 0 amide bonds. The Balaban J connectivity index is 1.33. The van der Waals surface area contributed by atoms with Gasteiger partial charge < -0.3 is 15.0 Å². The van der Waals surface area contributed by atoms with Crippen LogP contribution in [0.25, 0.3) is 0 Å². The Bertz CT molecular complexity index is 1200. The van der Waals surface area contributed by atoms with Crippen LogP contribution in [0.1, 0.15) is 41.4 Å². The summed E-state index contributed by atoms with van der Waals surface area (Å²) in [6.45, 7) is 8.75. The lowest BCUT2D eigenvalue weighted by Crippen LogP contribution is -2.52. The van der Waals surface area contributed by atoms with Crippen LogP contribution in [0.15, 0.2) is 71.7 Å². The molecule has 5 rings (SSSR count). The van der Waals surface area contributed by atoms with E-state index >= 15 is 0 Å². The van der Waals surface area contributed by atoms with E-state index in [4.69, 9.17) is 21.9 Å². The van der Waals surface area contributed by atoms with E-state index in [0.717, 1.165) is 57.0 Å². The predicted molar refractivity (Wildman–Crippen MR) is 160 cm³/mol. The number of nitrogens with one attached hydrogen (secondary N) is 2. The van der Waals surface area contributed by atoms with E-state index in [1.54, 1.807) is 0 Å². The van der Waals surface area contributed by atoms with Crippen molar-refractivity contribution in [1.82, 2.24) is 25.1 Å². The highest BCUT2D eigenvalue weighted by molar-refractivity contribution is 7.80. The van der Waals surface area contributed by atoms with Crippen molar-refractivity contribution in [2.24, 2.45) is 4.99 Å². The average molecular weight is 544 g/mol. The summed E-state index contributed by atoms with van der Waals surface area (Å²) in [5, 5.41) is 7.08. The summed E-state index contributed by atoms with van der Waals surface area (Å²) >= 11 is 5.62. The number of aliphatic imine (C=N–C) groups is 1. The number of benzene rings is 2. The molecule has 1 aromatic heterocycles. The highest BCUT2D eigenvalue weighted by atomic mass is 32.1. The van der Waals surface area contributed by atoms with Crippen LogP contribution in [0.2, 0.25) is 0 Å². The van der Waals surface area contributed by atoms with E-state index in [-0.39, 0.29) is 12.1 Å². The largest absolute Gasteiger partial charge is 0.376 e. The lowest BCUT2D eigenvalue weighted by molar-refractivity contribution is 0.114. The summed E-state index contributed by atoms with van der Waals surface area (Å²) < 4.78 is 5.73. The van der Waals surface area contributed by atoms with Crippen molar-refractivity contribution in [3.8, 4) is 0 Å². The molecule has 2 aliphatic rings. The van der Waals surface area contributed by atoms with Crippen LogP contribution in [-0.2, 0) is 4.74 Å². The quantitative estimate of drug-likeness (QED) is 0.270. The fourth-order valence-electron chi connectivity index (χ4n) is 5.28. The zero-order valence-electron chi connectivity index (χ0n) is 22.7. The zero-order chi connectivity index (χ0) is 27.0. The molecule has 1 atom stereocenters. The van der Waals surface area contributed by atoms with E-state index < -0.39 is 0 Å². The average Bonchev–Trinajstić information content (AvgIpc) is 3.47. The first kappa shape index (κ1) is 27.2. The molecule has 204 valence electrons. The number of piperazine rings is 1. The zero-order valence-corrected chi connectivity index (χ0v) is 23.5. The van der Waals surface area contributed by atoms with Gasteiger partial charge in [0.15, 0.2) is 5.11 Å². The number of ether oxygens (including phenoxy) is 1. The Kier molecular flexibility index (Phi) is 9.13. The molecular weight excluding hydrogens is 506 g/mol. The lowest BCUT2D eigenvalue weighted by Gasteiger charge is -2.40. The second kappa shape index (κ2) is 13.1. The molecule has 3 aromatic rings. The first-order chi connectivity index (χ1) is 19.0. The molecule has 2 fully saturated rings. The van der Waals surface area contributed by atoms with Crippen molar-refractivity contribution in [3.63, 3.8) is 0 Å². The van der Waals surface area contributed by atoms with Crippen LogP contribution >= 0.6 is 12.2 Å². The number of aromatic nitrogens is 2. The monoisotopic (exact) mass is 543 g/mol. The van der Waals surface area contributed by atoms with Gasteiger partial charge in [0, 0.05) is 50.7 Å². The molecule has 2 aliphatic heterocycles. The summed E-state index contributed by atoms with van der Waals surface area (Å²) in [6.07, 6.45) is 2.33. The Morgan fingerprint density at radius 3 is 2.15 bits per heavy atom. The van der Waals surface area contributed by atoms with E-state index in [2.05, 4.69) is 91.1 Å². The van der Waals surface area contributed by atoms with Crippen LogP contribution in [0.5, 0.6) is 0 Å². The Morgan fingerprint density at radius 2 is 1.59 bits per heavy atom. The molecule has 3 heterocycles. The minimum atomic E-state index is 0.189. The standard InChI is InChI=1S/C30H37N7OS/c1-22-20-23(2)33-28(32-22)34-29(35-30(39)31-21-26-14-9-19-38-26)37-17-15-36(16-18-37)27(24-10-5-3-6-11-24)25-12-7-4-8-13-25/h3-8,10-13,20,26-27H,9,14-19,21H2,1-2H3,(H2,31,32,33,34,35,39). The van der Waals surface area contributed by atoms with Crippen molar-refractivity contribution in [2.75, 3.05) is 44.6 Å². The predicted octanol–water partition coefficient (Wildman–Crippen LogP) is 4.32. The molecule has 0 saturated carbocycles. The maximum absolute atomic E-state index is 5.73. The first-order valence-electron chi connectivity index (χ1n) is 13.7. The third-order valence-corrected chi connectivity index (χ3v) is 7.36. The van der Waals surface area contributed by atoms with Gasteiger partial charge in [0.2, 0.25) is 11.9 Å². The van der Waals surface area contributed by atoms with Crippen LogP contribution < -0.4 is 10.6 Å². The van der Waals surface area contributed by atoms with E-state index in [9.17, 15) is 0 Å². The Hall–Kier alpha value is -3.40. The number of guanidine groups is 1. The van der Waals surface area contributed by atoms with Gasteiger partial charge in [0.25, 0.3) is 0 Å². The number of anilines is 1. The van der Waals surface area contributed by atoms with Crippen molar-refractivity contribution in [1.29, 1.82) is 0 Å². The van der Waals surface area contributed by atoms with Crippen molar-refractivity contribution in [2.45, 2.75) is 38.8 Å². The SMILES string of the molecule is Cc1cc(C)nc(N/C(=N/C(=S)NCC2CCCO2)N2CCN(C(c3ccccc3)c3ccccc3)CC2)n1. The van der Waals surface area contributed by atoms with Gasteiger partial charge in [-0.25, -0.2) is 9.97 Å². The van der Waals surface area contributed by atoms with Gasteiger partial charge in [0.05, 0.1) is 12.1 Å². The topological polar surface area (TPSA) is 77.9 Å². The van der Waals surface area contributed by atoms with Crippen molar-refractivity contribution in [3.05, 3.63) is 89.2 Å². The van der Waals surface area contributed by atoms with E-state index in [1.165, 1.54) is 11.1 Å². The number of thiocarbonyl (C=S) groups is 1. The van der Waals surface area contributed by atoms with Crippen LogP contribution in [0.3, 0.4) is 0 Å². The number of nitrogens with zero attached hydrogens (tertiary/aromatic N) is 5. The first-order valence-corrected chi connectivity index (χ1v) is 14.1. The maximum atomic E-state index is 5.73. The highest BCUT2D eigenvalue weighted by Crippen LogP contribution is 2.29. The number of hydrogen-bond donors (Lipinski definition) is 2. The Morgan fingerprint density at radius 1 is 0.974 bits per heavy atom. The maximum Gasteiger partial charge on any atom is 0.229 e. The number of aryl methyl sites for hydroxylation is 2. The van der Waals surface area contributed by atoms with Gasteiger partial charge in [-0.3, -0.25) is 10.2 Å². The summed E-state index contributed by atoms with van der Waals surface area (Å²) in [4.78, 5) is 18.7. The third kappa shape index (κ3) is 7.38. The minimum absolute atomic E-state index is 0.189. The minimum Gasteiger partial charge on any atom is -0.376 e. The fourth-order valence-corrected chi connectivity index (χ4v) is 5.45. The molecule has 2 saturated heterocycles. The summed E-state index contributed by atoms with van der Waals surface area (Å²) in [5.41, 5.74) is 4.41. The molecule has 0 radical (unpaired) electrons. The Labute approximate surface area is 236 Å². The molecule has 0 aliphatic carbocycles. The van der Waals surface area contributed by atoms with Gasteiger partial charge >= 0.3 is 0 Å². The number of hydrogen-bond acceptors (Lipinski definition) is 5. The summed E-state index contributed by atoms with van der Waals surface area (Å²) in [6, 6.07) is 23.6. The van der Waals surface area contributed by atoms with Gasteiger partial charge in [-0.15, -0.1) is 0 Å². The molecule has 39 heavy (non-hydrogen) atoms. The second-order valence-electron chi connectivity index (χ2n) is 10.1. The van der Waals surface area contributed by atoms with Crippen molar-refractivity contribution >= 4 is 29.2 Å². The van der Waals surface area contributed by atoms with Gasteiger partial charge in [0.1, 0.15) is 0 Å². The van der Waals surface area contributed by atoms with Gasteiger partial charge in [-0.1, -0.05) is 60.7 Å². The van der Waals surface area contributed by atoms with Gasteiger partial charge in [-0.05, 0) is 56.1 Å². The molecule has 8 nitrogen and oxygen atoms in total. The molecule has 1 unspecified atom stereocenters. The smallest absolute Gasteiger partial charge is 0.229 e. The molecule has 9 heteroatoms. The molecule has 2 N–H and O–H groups in total. The fraction of sp³-hybridized carbons (Fsp3) is 0.400. The van der Waals surface area contributed by atoms with E-state index in [0.29, 0.717) is 23.6 Å². The third-order valence-electron chi connectivity index (χ3n) is 7.13. The van der Waals surface area contributed by atoms with Crippen LogP contribution in [-0.4, -0.2) is 76.3 Å². The summed E-state index contributed by atoms with van der Waals surface area (Å²) in [7, 11) is 0. The van der Waals surface area contributed by atoms with Crippen LogP contribution in [0.4, 0.5) is 5.95 Å². The normalized spacial score (nSPS) is 18.4. The van der Waals surface area contributed by atoms with Crippen molar-refractivity contribution < 1.29 is 4.74 Å². The molecule has 0 spiro atoms. The molecular formula is C30H37N7OS. The van der Waals surface area contributed by atoms with Gasteiger partial charge in [-0.2, -0.15) is 4.99 Å². The summed E-state index contributed by atoms with van der Waals surface area (Å²) in [5.74, 6) is 1.20. The van der Waals surface area contributed by atoms with E-state index in [1.807, 2.05) is 19.9 Å². The number of rotatable bonds is 6. The molecule has 2 aromatic carbocycles. The van der Waals surface area contributed by atoms with Crippen LogP contribution in [0, 0.1) is 13.8 Å². The highest BCUT2D eigenvalue weighted by Gasteiger charge is 2.28. The lowest BCUT2D eigenvalue weighted by atomic mass is 9.96.